The van der Waals surface area contributed by atoms with Crippen molar-refractivity contribution in [3.8, 4) is 17.0 Å². The predicted octanol–water partition coefficient (Wildman–Crippen LogP) is 3.13. The molecule has 2 aromatic rings. The molecule has 0 aliphatic carbocycles. The molecule has 1 aromatic carbocycles. The van der Waals surface area contributed by atoms with Crippen LogP contribution in [0.5, 0.6) is 5.75 Å². The van der Waals surface area contributed by atoms with Crippen LogP contribution in [-0.2, 0) is 39.8 Å². The maximum atomic E-state index is 14.1. The molecule has 21 heavy (non-hydrogen) atoms. The number of aromatic nitrogens is 1. The molecule has 0 aliphatic rings. The van der Waals surface area contributed by atoms with Gasteiger partial charge in [-0.05, 0) is 16.1 Å². The quantitative estimate of drug-likeness (QED) is 0.501. The zero-order chi connectivity index (χ0) is 14.9. The second-order valence-electron chi connectivity index (χ2n) is 4.04. The molecule has 0 N–H and O–H groups in total. The first-order valence-corrected chi connectivity index (χ1v) is 6.93. The summed E-state index contributed by atoms with van der Waals surface area (Å²) in [7, 11) is 1.45. The van der Waals surface area contributed by atoms with Crippen LogP contribution in [-0.4, -0.2) is 11.2 Å². The molecule has 1 heterocycles. The van der Waals surface area contributed by atoms with Crippen molar-refractivity contribution >= 4 is 22.6 Å². The fourth-order valence-electron chi connectivity index (χ4n) is 1.82. The van der Waals surface area contributed by atoms with Crippen molar-refractivity contribution in [2.24, 2.45) is 7.05 Å². The van der Waals surface area contributed by atoms with Gasteiger partial charge in [0.25, 0.3) is 0 Å². The number of nitrogens with zero attached hydrogens (tertiary/aromatic N) is 1. The van der Waals surface area contributed by atoms with Crippen LogP contribution in [0.4, 0.5) is 8.78 Å². The van der Waals surface area contributed by atoms with Crippen molar-refractivity contribution in [3.05, 3.63) is 49.8 Å². The van der Waals surface area contributed by atoms with E-state index in [0.29, 0.717) is 10.2 Å². The maximum Gasteiger partial charge on any atom is 0.207 e. The number of benzene rings is 1. The minimum Gasteiger partial charge on any atom is -0.494 e. The molecule has 0 unspecified atom stereocenters. The van der Waals surface area contributed by atoms with Gasteiger partial charge in [-0.3, -0.25) is 4.79 Å². The van der Waals surface area contributed by atoms with E-state index in [0.717, 1.165) is 12.1 Å². The van der Waals surface area contributed by atoms with E-state index < -0.39 is 11.6 Å². The topological polar surface area (TPSA) is 31.2 Å². The smallest absolute Gasteiger partial charge is 0.207 e. The molecular weight excluding hydrogens is 468 g/mol. The van der Waals surface area contributed by atoms with E-state index in [1.54, 1.807) is 6.92 Å². The van der Waals surface area contributed by atoms with Gasteiger partial charge in [0.2, 0.25) is 5.56 Å². The summed E-state index contributed by atoms with van der Waals surface area (Å²) in [6, 6.07) is 6.33. The third-order valence-electron chi connectivity index (χ3n) is 2.74. The molecule has 0 amide bonds. The van der Waals surface area contributed by atoms with Crippen LogP contribution in [0.2, 0.25) is 0 Å². The number of rotatable bonds is 3. The molecular formula is C14H11F2INO2Y-. The van der Waals surface area contributed by atoms with Crippen LogP contribution < -0.4 is 10.3 Å². The summed E-state index contributed by atoms with van der Waals surface area (Å²) < 4.78 is 34.8. The predicted molar refractivity (Wildman–Crippen MR) is 79.8 cm³/mol. The fourth-order valence-corrected chi connectivity index (χ4v) is 2.34. The standard InChI is InChI=1S/C14H11F2INO2.Y/c1-3-20-8-6-9(15)13(10(16)7-8)12-5-4-11(17)14(19)18(12)2;/h4,6-7H,3H2,1-2H3;/q-1;. The Labute approximate surface area is 159 Å². The van der Waals surface area contributed by atoms with Crippen LogP contribution in [0.1, 0.15) is 6.92 Å². The summed E-state index contributed by atoms with van der Waals surface area (Å²) in [6.45, 7) is 2.03. The van der Waals surface area contributed by atoms with Gasteiger partial charge in [0.15, 0.2) is 0 Å². The van der Waals surface area contributed by atoms with E-state index in [9.17, 15) is 13.6 Å². The van der Waals surface area contributed by atoms with Gasteiger partial charge in [-0.1, -0.05) is 5.69 Å². The Hall–Kier alpha value is -0.336. The maximum absolute atomic E-state index is 14.1. The van der Waals surface area contributed by atoms with Crippen LogP contribution in [0.3, 0.4) is 0 Å². The molecule has 0 bridgehead atoms. The Kier molecular flexibility index (Phi) is 6.94. The third-order valence-corrected chi connectivity index (χ3v) is 3.52. The molecule has 0 saturated heterocycles. The Morgan fingerprint density at radius 1 is 1.33 bits per heavy atom. The van der Waals surface area contributed by atoms with E-state index in [-0.39, 0.29) is 55.3 Å². The van der Waals surface area contributed by atoms with Gasteiger partial charge >= 0.3 is 0 Å². The van der Waals surface area contributed by atoms with E-state index in [1.165, 1.54) is 17.7 Å². The van der Waals surface area contributed by atoms with E-state index in [4.69, 9.17) is 4.74 Å². The number of halogens is 3. The molecule has 109 valence electrons. The SMILES string of the molecule is CCOc1cc(F)c(-c2[c-]cc(I)c(=O)n2C)c(F)c1.[Y]. The summed E-state index contributed by atoms with van der Waals surface area (Å²) in [6.07, 6.45) is 0. The minimum atomic E-state index is -0.791. The van der Waals surface area contributed by atoms with E-state index >= 15 is 0 Å². The Morgan fingerprint density at radius 2 is 1.90 bits per heavy atom. The first kappa shape index (κ1) is 18.7. The van der Waals surface area contributed by atoms with Crippen molar-refractivity contribution in [1.82, 2.24) is 4.57 Å². The molecule has 1 radical (unpaired) electrons. The third kappa shape index (κ3) is 3.90. The second kappa shape index (κ2) is 7.78. The molecule has 0 atom stereocenters. The van der Waals surface area contributed by atoms with Gasteiger partial charge in [-0.25, -0.2) is 8.78 Å². The Balaban J connectivity index is 0.00000220. The summed E-state index contributed by atoms with van der Waals surface area (Å²) in [5, 5.41) is 0. The van der Waals surface area contributed by atoms with Crippen LogP contribution in [0, 0.1) is 21.3 Å². The van der Waals surface area contributed by atoms with Gasteiger partial charge < -0.3 is 9.30 Å². The van der Waals surface area contributed by atoms with Gasteiger partial charge in [0, 0.05) is 51.9 Å². The van der Waals surface area contributed by atoms with Crippen LogP contribution >= 0.6 is 22.6 Å². The molecule has 0 spiro atoms. The van der Waals surface area contributed by atoms with Crippen LogP contribution in [0.25, 0.3) is 11.3 Å². The van der Waals surface area contributed by atoms with Gasteiger partial charge in [0.05, 0.1) is 18.2 Å². The zero-order valence-corrected chi connectivity index (χ0v) is 16.4. The van der Waals surface area contributed by atoms with Crippen molar-refractivity contribution in [2.75, 3.05) is 6.61 Å². The van der Waals surface area contributed by atoms with E-state index in [2.05, 4.69) is 6.07 Å². The van der Waals surface area contributed by atoms with Crippen molar-refractivity contribution < 1.29 is 46.2 Å². The Bertz CT molecular complexity index is 696. The van der Waals surface area contributed by atoms with Gasteiger partial charge in [-0.2, -0.15) is 12.1 Å². The number of hydrogen-bond acceptors (Lipinski definition) is 2. The normalized spacial score (nSPS) is 10.1. The molecule has 7 heteroatoms. The van der Waals surface area contributed by atoms with Crippen molar-refractivity contribution in [2.45, 2.75) is 6.92 Å². The molecule has 0 saturated carbocycles. The fraction of sp³-hybridized carbons (Fsp3) is 0.214. The van der Waals surface area contributed by atoms with Gasteiger partial charge in [-0.15, -0.1) is 22.6 Å². The summed E-state index contributed by atoms with van der Waals surface area (Å²) in [5.41, 5.74) is -0.551. The minimum absolute atomic E-state index is 0. The average Bonchev–Trinajstić information content (AvgIpc) is 2.38. The zero-order valence-electron chi connectivity index (χ0n) is 11.4. The summed E-state index contributed by atoms with van der Waals surface area (Å²) >= 11 is 1.85. The number of ether oxygens (including phenoxy) is 1. The monoisotopic (exact) mass is 479 g/mol. The van der Waals surface area contributed by atoms with Gasteiger partial charge in [0.1, 0.15) is 5.75 Å². The molecule has 3 nitrogen and oxygen atoms in total. The summed E-state index contributed by atoms with van der Waals surface area (Å²) in [4.78, 5) is 11.8. The molecule has 2 rings (SSSR count). The Morgan fingerprint density at radius 3 is 2.43 bits per heavy atom. The first-order chi connectivity index (χ1) is 9.45. The van der Waals surface area contributed by atoms with Crippen molar-refractivity contribution in [3.63, 3.8) is 0 Å². The van der Waals surface area contributed by atoms with E-state index in [1.807, 2.05) is 22.6 Å². The molecule has 0 fully saturated rings. The van der Waals surface area contributed by atoms with Crippen LogP contribution in [0.15, 0.2) is 23.0 Å². The number of pyridine rings is 1. The second-order valence-corrected chi connectivity index (χ2v) is 5.21. The largest absolute Gasteiger partial charge is 0.494 e. The summed E-state index contributed by atoms with van der Waals surface area (Å²) in [5.74, 6) is -1.47. The number of hydrogen-bond donors (Lipinski definition) is 0. The van der Waals surface area contributed by atoms with Crippen molar-refractivity contribution in [1.29, 1.82) is 0 Å². The molecule has 0 aliphatic heterocycles. The average molecular weight is 479 g/mol. The molecule has 1 aromatic heterocycles. The first-order valence-electron chi connectivity index (χ1n) is 5.85.